The third-order valence-electron chi connectivity index (χ3n) is 7.76. The molecule has 1 amide bonds. The van der Waals surface area contributed by atoms with E-state index in [0.29, 0.717) is 18.7 Å². The number of rotatable bonds is 11. The third-order valence-corrected chi connectivity index (χ3v) is 7.76. The zero-order valence-electron chi connectivity index (χ0n) is 26.8. The van der Waals surface area contributed by atoms with Gasteiger partial charge in [-0.05, 0) is 91.2 Å². The van der Waals surface area contributed by atoms with Crippen LogP contribution in [0.3, 0.4) is 0 Å². The van der Waals surface area contributed by atoms with Crippen LogP contribution >= 0.6 is 0 Å². The first kappa shape index (κ1) is 31.8. The molecule has 5 aromatic rings. The summed E-state index contributed by atoms with van der Waals surface area (Å²) >= 11 is 0. The van der Waals surface area contributed by atoms with E-state index in [1.807, 2.05) is 84.9 Å². The molecule has 6 rings (SSSR count). The summed E-state index contributed by atoms with van der Waals surface area (Å²) in [6.45, 7) is 2.29. The molecule has 5 aromatic carbocycles. The lowest BCUT2D eigenvalue weighted by atomic mass is 10.1. The van der Waals surface area contributed by atoms with Gasteiger partial charge in [0.1, 0.15) is 5.75 Å². The molecule has 48 heavy (non-hydrogen) atoms. The van der Waals surface area contributed by atoms with E-state index in [1.165, 1.54) is 4.90 Å². The molecule has 0 spiro atoms. The number of amides is 1. The maximum absolute atomic E-state index is 13.8. The van der Waals surface area contributed by atoms with Gasteiger partial charge in [0.05, 0.1) is 25.0 Å². The number of ether oxygens (including phenoxy) is 3. The minimum atomic E-state index is -0.498. The van der Waals surface area contributed by atoms with E-state index in [9.17, 15) is 9.59 Å². The molecule has 1 aliphatic heterocycles. The fraction of sp³-hybridized carbons (Fsp3) is 0.125. The summed E-state index contributed by atoms with van der Waals surface area (Å²) in [5, 5.41) is 0. The predicted octanol–water partition coefficient (Wildman–Crippen LogP) is 8.47. The molecule has 0 atom stereocenters. The van der Waals surface area contributed by atoms with Crippen LogP contribution in [0.15, 0.2) is 144 Å². The number of anilines is 3. The number of carbonyl (C=O) groups excluding carboxylic acids is 2. The smallest absolute Gasteiger partial charge is 0.340 e. The first-order chi connectivity index (χ1) is 23.5. The van der Waals surface area contributed by atoms with Crippen LogP contribution in [-0.4, -0.2) is 43.1 Å². The van der Waals surface area contributed by atoms with E-state index in [4.69, 9.17) is 14.2 Å². The Labute approximate surface area is 280 Å². The highest BCUT2D eigenvalue weighted by molar-refractivity contribution is 6.12. The minimum Gasteiger partial charge on any atom is -0.497 e. The Hall–Kier alpha value is -6.15. The van der Waals surface area contributed by atoms with Gasteiger partial charge in [-0.25, -0.2) is 4.79 Å². The summed E-state index contributed by atoms with van der Waals surface area (Å²) in [7, 11) is 1.62. The number of aliphatic imine (C=N–C) groups is 1. The average Bonchev–Trinajstić information content (AvgIpc) is 3.42. The van der Waals surface area contributed by atoms with Crippen LogP contribution in [-0.2, 0) is 20.7 Å². The molecule has 0 N–H and O–H groups in total. The van der Waals surface area contributed by atoms with Crippen molar-refractivity contribution in [3.8, 4) is 5.75 Å². The normalized spacial score (nSPS) is 14.2. The first-order valence-corrected chi connectivity index (χ1v) is 15.7. The van der Waals surface area contributed by atoms with Crippen molar-refractivity contribution in [3.63, 3.8) is 0 Å². The van der Waals surface area contributed by atoms with E-state index in [0.717, 1.165) is 33.9 Å². The second kappa shape index (κ2) is 15.0. The molecule has 1 aliphatic rings. The highest BCUT2D eigenvalue weighted by Gasteiger charge is 2.35. The van der Waals surface area contributed by atoms with Crippen LogP contribution in [0.4, 0.5) is 22.7 Å². The Balaban J connectivity index is 1.31. The molecule has 240 valence electrons. The van der Waals surface area contributed by atoms with E-state index in [2.05, 4.69) is 34.2 Å². The molecule has 0 aromatic heterocycles. The Morgan fingerprint density at radius 3 is 2.02 bits per heavy atom. The van der Waals surface area contributed by atoms with Crippen molar-refractivity contribution in [2.75, 3.05) is 25.2 Å². The zero-order chi connectivity index (χ0) is 33.3. The molecule has 8 nitrogen and oxygen atoms in total. The number of esters is 1. The van der Waals surface area contributed by atoms with Crippen LogP contribution in [0.2, 0.25) is 0 Å². The third kappa shape index (κ3) is 7.29. The number of hydrogen-bond acceptors (Lipinski definition) is 7. The molecular formula is C40H35N3O5. The Bertz CT molecular complexity index is 1880. The summed E-state index contributed by atoms with van der Waals surface area (Å²) in [5.74, 6) is 0.0643. The number of carbonyl (C=O) groups is 2. The fourth-order valence-electron chi connectivity index (χ4n) is 5.35. The second-order valence-corrected chi connectivity index (χ2v) is 10.9. The standard InChI is InChI=1S/C40H35N3O5/c1-3-47-39(45)35-16-10-11-17-36(35)41-40-42(27-26-29-20-24-34(46-2)25-21-29)38(44)37(48-40)28-30-18-22-33(23-19-30)43(31-12-6-4-7-13-31)32-14-8-5-9-15-32/h4-25,28H,3,26-27H2,1-2H3/b37-28+,41-40-. The predicted molar refractivity (Wildman–Crippen MR) is 188 cm³/mol. The van der Waals surface area contributed by atoms with Gasteiger partial charge in [0.15, 0.2) is 5.76 Å². The lowest BCUT2D eigenvalue weighted by molar-refractivity contribution is -0.122. The SMILES string of the molecule is CCOC(=O)c1ccccc1/N=C1\O/C(=C/c2ccc(N(c3ccccc3)c3ccccc3)cc2)C(=O)N1CCc1ccc(OC)cc1. The molecule has 8 heteroatoms. The first-order valence-electron chi connectivity index (χ1n) is 15.7. The van der Waals surface area contributed by atoms with Gasteiger partial charge in [0.2, 0.25) is 0 Å². The summed E-state index contributed by atoms with van der Waals surface area (Å²) in [4.78, 5) is 34.8. The molecule has 1 heterocycles. The van der Waals surface area contributed by atoms with Crippen molar-refractivity contribution in [1.29, 1.82) is 0 Å². The molecule has 0 bridgehead atoms. The Morgan fingerprint density at radius 1 is 0.792 bits per heavy atom. The number of para-hydroxylation sites is 3. The molecule has 1 fully saturated rings. The van der Waals surface area contributed by atoms with Crippen molar-refractivity contribution in [1.82, 2.24) is 4.90 Å². The van der Waals surface area contributed by atoms with Crippen LogP contribution < -0.4 is 9.64 Å². The zero-order valence-corrected chi connectivity index (χ0v) is 26.8. The van der Waals surface area contributed by atoms with Crippen molar-refractivity contribution in [2.45, 2.75) is 13.3 Å². The van der Waals surface area contributed by atoms with Crippen LogP contribution in [0.25, 0.3) is 6.08 Å². The quantitative estimate of drug-likeness (QED) is 0.107. The van der Waals surface area contributed by atoms with Crippen molar-refractivity contribution in [3.05, 3.63) is 156 Å². The van der Waals surface area contributed by atoms with Crippen molar-refractivity contribution >= 4 is 46.7 Å². The maximum Gasteiger partial charge on any atom is 0.340 e. The largest absolute Gasteiger partial charge is 0.497 e. The molecule has 0 aliphatic carbocycles. The van der Waals surface area contributed by atoms with Gasteiger partial charge >= 0.3 is 12.0 Å². The summed E-state index contributed by atoms with van der Waals surface area (Å²) in [5.41, 5.74) is 5.46. The second-order valence-electron chi connectivity index (χ2n) is 10.9. The molecule has 0 saturated carbocycles. The average molecular weight is 638 g/mol. The van der Waals surface area contributed by atoms with E-state index in [1.54, 1.807) is 44.4 Å². The fourth-order valence-corrected chi connectivity index (χ4v) is 5.35. The number of amidine groups is 1. The summed E-state index contributed by atoms with van der Waals surface area (Å²) in [6, 6.07) is 42.8. The molecule has 0 unspecified atom stereocenters. The van der Waals surface area contributed by atoms with Crippen LogP contribution in [0.1, 0.15) is 28.4 Å². The lowest BCUT2D eigenvalue weighted by Gasteiger charge is -2.25. The van der Waals surface area contributed by atoms with Gasteiger partial charge in [0, 0.05) is 23.6 Å². The highest BCUT2D eigenvalue weighted by Crippen LogP contribution is 2.34. The van der Waals surface area contributed by atoms with E-state index < -0.39 is 5.97 Å². The summed E-state index contributed by atoms with van der Waals surface area (Å²) in [6.07, 6.45) is 2.26. The van der Waals surface area contributed by atoms with Gasteiger partial charge in [-0.2, -0.15) is 4.99 Å². The van der Waals surface area contributed by atoms with Gasteiger partial charge in [0.25, 0.3) is 5.91 Å². The monoisotopic (exact) mass is 637 g/mol. The number of benzene rings is 5. The van der Waals surface area contributed by atoms with Crippen molar-refractivity contribution < 1.29 is 23.8 Å². The van der Waals surface area contributed by atoms with Crippen LogP contribution in [0, 0.1) is 0 Å². The molecule has 0 radical (unpaired) electrons. The van der Waals surface area contributed by atoms with Crippen molar-refractivity contribution in [2.24, 2.45) is 4.99 Å². The van der Waals surface area contributed by atoms with Gasteiger partial charge in [-0.3, -0.25) is 9.69 Å². The van der Waals surface area contributed by atoms with E-state index in [-0.39, 0.29) is 29.9 Å². The summed E-state index contributed by atoms with van der Waals surface area (Å²) < 4.78 is 16.6. The van der Waals surface area contributed by atoms with Gasteiger partial charge < -0.3 is 19.1 Å². The highest BCUT2D eigenvalue weighted by atomic mass is 16.5. The maximum atomic E-state index is 13.8. The molecular weight excluding hydrogens is 602 g/mol. The number of methoxy groups -OCH3 is 1. The minimum absolute atomic E-state index is 0.0902. The van der Waals surface area contributed by atoms with Crippen LogP contribution in [0.5, 0.6) is 5.75 Å². The van der Waals surface area contributed by atoms with Gasteiger partial charge in [-0.15, -0.1) is 0 Å². The Morgan fingerprint density at radius 2 is 1.40 bits per heavy atom. The van der Waals surface area contributed by atoms with Gasteiger partial charge in [-0.1, -0.05) is 72.8 Å². The number of nitrogens with zero attached hydrogens (tertiary/aromatic N) is 3. The Kier molecular flexibility index (Phi) is 9.92. The molecule has 1 saturated heterocycles. The lowest BCUT2D eigenvalue weighted by Crippen LogP contribution is -2.32. The topological polar surface area (TPSA) is 80.7 Å². The van der Waals surface area contributed by atoms with E-state index >= 15 is 0 Å². The number of hydrogen-bond donors (Lipinski definition) is 0.